The molecule has 12 heteroatoms. The van der Waals surface area contributed by atoms with Crippen LogP contribution in [0.1, 0.15) is 20.3 Å². The lowest BCUT2D eigenvalue weighted by atomic mass is 9.77. The zero-order valence-corrected chi connectivity index (χ0v) is 16.3. The first-order valence-corrected chi connectivity index (χ1v) is 10.5. The van der Waals surface area contributed by atoms with Crippen LogP contribution in [0.15, 0.2) is 11.3 Å². The van der Waals surface area contributed by atoms with E-state index < -0.39 is 52.0 Å². The molecule has 156 valence electrons. The van der Waals surface area contributed by atoms with Gasteiger partial charge in [-0.05, 0) is 25.5 Å². The van der Waals surface area contributed by atoms with Gasteiger partial charge >= 0.3 is 5.97 Å². The molecule has 3 rings (SSSR count). The van der Waals surface area contributed by atoms with E-state index in [-0.39, 0.29) is 24.7 Å². The molecule has 2 saturated heterocycles. The highest BCUT2D eigenvalue weighted by atomic mass is 32.2. The number of aliphatic hydroxyl groups excluding tert-OH is 1. The molecule has 0 aromatic rings. The van der Waals surface area contributed by atoms with Crippen molar-refractivity contribution in [1.82, 2.24) is 14.5 Å². The minimum absolute atomic E-state index is 0.0585. The maximum absolute atomic E-state index is 12.3. The number of likely N-dealkylation sites (tertiary alicyclic amines) is 1. The summed E-state index contributed by atoms with van der Waals surface area (Å²) in [6, 6.07) is -0.391. The number of aliphatic carboxylic acids is 1. The van der Waals surface area contributed by atoms with Crippen LogP contribution in [0.3, 0.4) is 0 Å². The van der Waals surface area contributed by atoms with Crippen LogP contribution in [0, 0.1) is 17.8 Å². The Kier molecular flexibility index (Phi) is 5.25. The predicted molar refractivity (Wildman–Crippen MR) is 95.4 cm³/mol. The van der Waals surface area contributed by atoms with Gasteiger partial charge in [0.2, 0.25) is 11.8 Å². The van der Waals surface area contributed by atoms with Gasteiger partial charge in [-0.15, -0.1) is 0 Å². The van der Waals surface area contributed by atoms with Crippen LogP contribution in [-0.2, 0) is 24.6 Å². The van der Waals surface area contributed by atoms with Crippen LogP contribution in [0.2, 0.25) is 0 Å². The zero-order chi connectivity index (χ0) is 21.0. The van der Waals surface area contributed by atoms with E-state index in [4.69, 9.17) is 5.14 Å². The summed E-state index contributed by atoms with van der Waals surface area (Å²) in [7, 11) is -4.13. The summed E-state index contributed by atoms with van der Waals surface area (Å²) in [5, 5.41) is 24.3. The summed E-state index contributed by atoms with van der Waals surface area (Å²) in [5.41, 5.74) is 0.512. The number of carboxylic acids is 1. The van der Waals surface area contributed by atoms with Crippen molar-refractivity contribution in [1.29, 1.82) is 0 Å². The second-order valence-corrected chi connectivity index (χ2v) is 8.96. The Bertz CT molecular complexity index is 853. The number of nitrogens with one attached hydrogen (secondary N) is 1. The number of carboxylic acid groups (broad SMARTS) is 1. The molecule has 5 N–H and O–H groups in total. The van der Waals surface area contributed by atoms with Crippen molar-refractivity contribution in [2.24, 2.45) is 22.9 Å². The summed E-state index contributed by atoms with van der Waals surface area (Å²) in [6.45, 7) is 4.31. The number of amides is 2. The van der Waals surface area contributed by atoms with Crippen LogP contribution < -0.4 is 9.86 Å². The number of hydrogen-bond acceptors (Lipinski definition) is 7. The second kappa shape index (κ2) is 7.10. The number of aliphatic hydroxyl groups is 1. The molecule has 0 aromatic heterocycles. The molecule has 28 heavy (non-hydrogen) atoms. The molecule has 0 aliphatic carbocycles. The molecular formula is C16H24N4O7S. The van der Waals surface area contributed by atoms with Gasteiger partial charge in [0, 0.05) is 19.0 Å². The number of β-lactam (4-membered cyclic amide) rings is 1. The average Bonchev–Trinajstić information content (AvgIpc) is 3.09. The maximum Gasteiger partial charge on any atom is 0.352 e. The Morgan fingerprint density at radius 2 is 2.04 bits per heavy atom. The second-order valence-electron chi connectivity index (χ2n) is 7.66. The van der Waals surface area contributed by atoms with E-state index in [9.17, 15) is 33.0 Å². The Morgan fingerprint density at radius 3 is 2.57 bits per heavy atom. The Balaban J connectivity index is 1.74. The van der Waals surface area contributed by atoms with Crippen molar-refractivity contribution in [2.45, 2.75) is 32.4 Å². The van der Waals surface area contributed by atoms with Crippen LogP contribution in [0.25, 0.3) is 0 Å². The summed E-state index contributed by atoms with van der Waals surface area (Å²) in [5.74, 6) is -3.75. The normalized spacial score (nSPS) is 31.6. The minimum atomic E-state index is -4.13. The molecule has 0 radical (unpaired) electrons. The van der Waals surface area contributed by atoms with Crippen molar-refractivity contribution in [3.05, 3.63) is 11.3 Å². The topological polar surface area (TPSA) is 170 Å². The zero-order valence-electron chi connectivity index (χ0n) is 15.5. The highest BCUT2D eigenvalue weighted by Gasteiger charge is 2.59. The van der Waals surface area contributed by atoms with Crippen LogP contribution >= 0.6 is 0 Å². The van der Waals surface area contributed by atoms with Gasteiger partial charge in [-0.25, -0.2) is 14.7 Å². The summed E-state index contributed by atoms with van der Waals surface area (Å²) < 4.78 is 23.8. The standard InChI is InChI=1S/C16H24N4O7S/c1-7-10(6-19-4-3-9(5-19)14(22)18-28(17,26)27)13(16(24)25)20-12(7)11(8(2)21)15(20)23/h7-9,11-12,21H,3-6H2,1-2H3,(H,18,22)(H,24,25)(H2,17,26,27)/t7-,8+,9-,11?,12?/m0/s1. The number of carbonyl (C=O) groups excluding carboxylic acids is 2. The molecule has 2 amide bonds. The third-order valence-electron chi connectivity index (χ3n) is 5.80. The van der Waals surface area contributed by atoms with Crippen LogP contribution in [0.5, 0.6) is 0 Å². The van der Waals surface area contributed by atoms with Crippen molar-refractivity contribution >= 4 is 28.0 Å². The van der Waals surface area contributed by atoms with Gasteiger partial charge in [-0.2, -0.15) is 8.42 Å². The molecule has 3 aliphatic rings. The van der Waals surface area contributed by atoms with Gasteiger partial charge in [-0.1, -0.05) is 6.92 Å². The quantitative estimate of drug-likeness (QED) is 0.354. The molecule has 3 aliphatic heterocycles. The Morgan fingerprint density at radius 1 is 1.39 bits per heavy atom. The molecule has 2 fully saturated rings. The molecular weight excluding hydrogens is 392 g/mol. The minimum Gasteiger partial charge on any atom is -0.477 e. The maximum atomic E-state index is 12.3. The Labute approximate surface area is 162 Å². The predicted octanol–water partition coefficient (Wildman–Crippen LogP) is -2.18. The summed E-state index contributed by atoms with van der Waals surface area (Å²) >= 11 is 0. The molecule has 0 spiro atoms. The fraction of sp³-hybridized carbons (Fsp3) is 0.688. The van der Waals surface area contributed by atoms with Gasteiger partial charge in [0.05, 0.1) is 24.0 Å². The summed E-state index contributed by atoms with van der Waals surface area (Å²) in [4.78, 5) is 39.2. The van der Waals surface area contributed by atoms with Gasteiger partial charge in [0.25, 0.3) is 10.2 Å². The molecule has 3 heterocycles. The highest BCUT2D eigenvalue weighted by molar-refractivity contribution is 7.87. The number of nitrogens with two attached hydrogens (primary N) is 1. The van der Waals surface area contributed by atoms with Crippen molar-refractivity contribution < 1.29 is 33.0 Å². The van der Waals surface area contributed by atoms with Crippen LogP contribution in [0.4, 0.5) is 0 Å². The monoisotopic (exact) mass is 416 g/mol. The first kappa shape index (κ1) is 20.7. The number of nitrogens with zero attached hydrogens (tertiary/aromatic N) is 2. The van der Waals surface area contributed by atoms with E-state index in [1.165, 1.54) is 11.8 Å². The van der Waals surface area contributed by atoms with E-state index in [0.717, 1.165) is 0 Å². The van der Waals surface area contributed by atoms with E-state index >= 15 is 0 Å². The first-order valence-electron chi connectivity index (χ1n) is 8.96. The first-order chi connectivity index (χ1) is 12.9. The van der Waals surface area contributed by atoms with E-state index in [1.54, 1.807) is 4.72 Å². The fourth-order valence-corrected chi connectivity index (χ4v) is 4.96. The highest BCUT2D eigenvalue weighted by Crippen LogP contribution is 2.47. The van der Waals surface area contributed by atoms with Crippen molar-refractivity contribution in [3.8, 4) is 0 Å². The number of fused-ring (bicyclic) bond motifs is 1. The average molecular weight is 416 g/mol. The fourth-order valence-electron chi connectivity index (χ4n) is 4.51. The molecule has 11 nitrogen and oxygen atoms in total. The van der Waals surface area contributed by atoms with Crippen molar-refractivity contribution in [2.75, 3.05) is 19.6 Å². The lowest BCUT2D eigenvalue weighted by Gasteiger charge is -2.46. The lowest BCUT2D eigenvalue weighted by molar-refractivity contribution is -0.163. The largest absolute Gasteiger partial charge is 0.477 e. The van der Waals surface area contributed by atoms with Crippen LogP contribution in [-0.4, -0.2) is 78.0 Å². The van der Waals surface area contributed by atoms with E-state index in [1.807, 2.05) is 11.8 Å². The van der Waals surface area contributed by atoms with E-state index in [2.05, 4.69) is 0 Å². The molecule has 2 unspecified atom stereocenters. The van der Waals surface area contributed by atoms with Gasteiger partial charge in [0.15, 0.2) is 0 Å². The lowest BCUT2D eigenvalue weighted by Crippen LogP contribution is -2.63. The van der Waals surface area contributed by atoms with Gasteiger partial charge in [-0.3, -0.25) is 14.5 Å². The van der Waals surface area contributed by atoms with E-state index in [0.29, 0.717) is 18.5 Å². The number of rotatable bonds is 6. The summed E-state index contributed by atoms with van der Waals surface area (Å²) in [6.07, 6.45) is -0.461. The van der Waals surface area contributed by atoms with Gasteiger partial charge in [0.1, 0.15) is 5.70 Å². The number of carbonyl (C=O) groups is 3. The molecule has 0 aromatic carbocycles. The molecule has 5 atom stereocenters. The number of hydrogen-bond donors (Lipinski definition) is 4. The van der Waals surface area contributed by atoms with Gasteiger partial charge < -0.3 is 15.1 Å². The third-order valence-corrected chi connectivity index (χ3v) is 6.28. The molecule has 0 bridgehead atoms. The third kappa shape index (κ3) is 3.52. The molecule has 0 saturated carbocycles. The SMILES string of the molecule is C[C@@H](O)C1C(=O)N2C(C(=O)O)=C(CN3CC[C@H](C(=O)NS(N)(=O)=O)C3)[C@H](C)C12. The van der Waals surface area contributed by atoms with Crippen molar-refractivity contribution in [3.63, 3.8) is 0 Å². The Hall–Kier alpha value is -2.02. The smallest absolute Gasteiger partial charge is 0.352 e.